The first-order valence-electron chi connectivity index (χ1n) is 14.0. The third kappa shape index (κ3) is 3.54. The molecule has 3 nitrogen and oxygen atoms in total. The molecule has 0 spiro atoms. The number of ether oxygens (including phenoxy) is 2. The van der Waals surface area contributed by atoms with Gasteiger partial charge in [0.05, 0.1) is 6.61 Å². The summed E-state index contributed by atoms with van der Waals surface area (Å²) in [7, 11) is 0. The van der Waals surface area contributed by atoms with E-state index in [2.05, 4.69) is 27.7 Å². The summed E-state index contributed by atoms with van der Waals surface area (Å²) in [4.78, 5) is 0. The third-order valence-electron chi connectivity index (χ3n) is 12.3. The van der Waals surface area contributed by atoms with Gasteiger partial charge in [-0.05, 0) is 122 Å². The van der Waals surface area contributed by atoms with E-state index in [1.165, 1.54) is 89.9 Å². The molecule has 5 rings (SSSR count). The summed E-state index contributed by atoms with van der Waals surface area (Å²) in [5.74, 6) is 0. The molecule has 4 saturated carbocycles. The fourth-order valence-electron chi connectivity index (χ4n) is 9.77. The first kappa shape index (κ1) is 23.6. The normalized spacial score (nSPS) is 45.5. The first-order chi connectivity index (χ1) is 15.1. The Bertz CT molecular complexity index is 675. The summed E-state index contributed by atoms with van der Waals surface area (Å²) in [5, 5.41) is 10.1. The Balaban J connectivity index is 1.29. The van der Waals surface area contributed by atoms with Crippen molar-refractivity contribution in [1.29, 1.82) is 0 Å². The van der Waals surface area contributed by atoms with Crippen molar-refractivity contribution >= 4 is 0 Å². The van der Waals surface area contributed by atoms with Crippen molar-refractivity contribution in [2.24, 2.45) is 32.5 Å². The smallest absolute Gasteiger partial charge is 0.157 e. The van der Waals surface area contributed by atoms with Gasteiger partial charge in [-0.1, -0.05) is 34.1 Å². The molecular weight excluding hydrogens is 396 g/mol. The number of hydrogen-bond acceptors (Lipinski definition) is 3. The van der Waals surface area contributed by atoms with Crippen LogP contribution in [-0.2, 0) is 9.47 Å². The van der Waals surface area contributed by atoms with Crippen molar-refractivity contribution in [3.05, 3.63) is 0 Å². The van der Waals surface area contributed by atoms with E-state index in [-0.39, 0.29) is 11.7 Å². The van der Waals surface area contributed by atoms with Gasteiger partial charge in [0.1, 0.15) is 0 Å². The highest BCUT2D eigenvalue weighted by atomic mass is 16.7. The van der Waals surface area contributed by atoms with Gasteiger partial charge in [0, 0.05) is 13.2 Å². The number of rotatable bonds is 9. The van der Waals surface area contributed by atoms with Crippen molar-refractivity contribution in [2.45, 2.75) is 130 Å². The maximum atomic E-state index is 10.1. The van der Waals surface area contributed by atoms with E-state index in [9.17, 15) is 5.11 Å². The lowest BCUT2D eigenvalue weighted by molar-refractivity contribution is -0.178. The van der Waals surface area contributed by atoms with E-state index >= 15 is 0 Å². The Hall–Kier alpha value is -0.120. The van der Waals surface area contributed by atoms with Gasteiger partial charge in [0.15, 0.2) is 6.29 Å². The molecule has 1 heterocycles. The second-order valence-corrected chi connectivity index (χ2v) is 14.2. The Kier molecular flexibility index (Phi) is 5.87. The molecule has 3 heteroatoms. The minimum atomic E-state index is 0.0563. The van der Waals surface area contributed by atoms with Crippen LogP contribution in [0.5, 0.6) is 0 Å². The van der Waals surface area contributed by atoms with E-state index in [4.69, 9.17) is 9.47 Å². The predicted octanol–water partition coefficient (Wildman–Crippen LogP) is 7.26. The third-order valence-corrected chi connectivity index (χ3v) is 12.3. The molecule has 4 bridgehead atoms. The second-order valence-electron chi connectivity index (χ2n) is 14.2. The molecule has 2 atom stereocenters. The van der Waals surface area contributed by atoms with E-state index < -0.39 is 0 Å². The fourth-order valence-corrected chi connectivity index (χ4v) is 9.77. The topological polar surface area (TPSA) is 38.7 Å². The second kappa shape index (κ2) is 7.95. The molecular formula is C29H50O3. The number of fused-ring (bicyclic) bond motifs is 4. The SMILES string of the molecule is CCC(C)(CC(C)(C)C12CCC(CO)(CC1)C2)C12CCC(COC3CCCCO3)(CC1)C2. The predicted molar refractivity (Wildman–Crippen MR) is 129 cm³/mol. The van der Waals surface area contributed by atoms with Gasteiger partial charge in [-0.2, -0.15) is 0 Å². The molecule has 4 aliphatic carbocycles. The molecule has 0 radical (unpaired) electrons. The van der Waals surface area contributed by atoms with E-state index in [0.29, 0.717) is 33.7 Å². The van der Waals surface area contributed by atoms with Gasteiger partial charge in [0.2, 0.25) is 0 Å². The summed E-state index contributed by atoms with van der Waals surface area (Å²) in [6.45, 7) is 12.5. The molecule has 0 aromatic heterocycles. The quantitative estimate of drug-likeness (QED) is 0.405. The van der Waals surface area contributed by atoms with Crippen molar-refractivity contribution < 1.29 is 14.6 Å². The average molecular weight is 447 g/mol. The molecule has 1 saturated heterocycles. The fraction of sp³-hybridized carbons (Fsp3) is 1.00. The van der Waals surface area contributed by atoms with Crippen LogP contribution >= 0.6 is 0 Å². The van der Waals surface area contributed by atoms with Crippen LogP contribution in [0.2, 0.25) is 0 Å². The van der Waals surface area contributed by atoms with E-state index in [1.807, 2.05) is 0 Å². The highest BCUT2D eigenvalue weighted by Gasteiger charge is 2.65. The minimum absolute atomic E-state index is 0.0563. The maximum absolute atomic E-state index is 10.1. The zero-order chi connectivity index (χ0) is 22.7. The van der Waals surface area contributed by atoms with Crippen LogP contribution in [0.3, 0.4) is 0 Å². The molecule has 5 aliphatic rings. The summed E-state index contributed by atoms with van der Waals surface area (Å²) in [5.41, 5.74) is 2.37. The molecule has 184 valence electrons. The number of aliphatic hydroxyl groups is 1. The Labute approximate surface area is 197 Å². The van der Waals surface area contributed by atoms with Gasteiger partial charge in [-0.15, -0.1) is 0 Å². The molecule has 1 aliphatic heterocycles. The van der Waals surface area contributed by atoms with Crippen LogP contribution in [0.15, 0.2) is 0 Å². The van der Waals surface area contributed by atoms with Crippen molar-refractivity contribution in [2.75, 3.05) is 19.8 Å². The van der Waals surface area contributed by atoms with Crippen LogP contribution < -0.4 is 0 Å². The van der Waals surface area contributed by atoms with E-state index in [0.717, 1.165) is 19.6 Å². The minimum Gasteiger partial charge on any atom is -0.396 e. The van der Waals surface area contributed by atoms with Crippen LogP contribution in [0, 0.1) is 32.5 Å². The summed E-state index contributed by atoms with van der Waals surface area (Å²) in [6.07, 6.45) is 19.6. The Morgan fingerprint density at radius 1 is 0.875 bits per heavy atom. The average Bonchev–Trinajstić information content (AvgIpc) is 3.57. The van der Waals surface area contributed by atoms with Crippen LogP contribution in [0.25, 0.3) is 0 Å². The molecule has 32 heavy (non-hydrogen) atoms. The van der Waals surface area contributed by atoms with Crippen LogP contribution in [0.1, 0.15) is 124 Å². The maximum Gasteiger partial charge on any atom is 0.157 e. The van der Waals surface area contributed by atoms with Gasteiger partial charge in [-0.3, -0.25) is 0 Å². The van der Waals surface area contributed by atoms with Crippen molar-refractivity contribution in [3.63, 3.8) is 0 Å². The molecule has 1 N–H and O–H groups in total. The number of hydrogen-bond donors (Lipinski definition) is 1. The zero-order valence-electron chi connectivity index (χ0n) is 21.6. The van der Waals surface area contributed by atoms with Crippen molar-refractivity contribution in [1.82, 2.24) is 0 Å². The summed E-state index contributed by atoms with van der Waals surface area (Å²) in [6, 6.07) is 0. The van der Waals surface area contributed by atoms with Crippen molar-refractivity contribution in [3.8, 4) is 0 Å². The first-order valence-corrected chi connectivity index (χ1v) is 14.0. The Morgan fingerprint density at radius 3 is 2.06 bits per heavy atom. The molecule has 2 unspecified atom stereocenters. The zero-order valence-corrected chi connectivity index (χ0v) is 21.6. The van der Waals surface area contributed by atoms with Gasteiger partial charge in [0.25, 0.3) is 0 Å². The highest BCUT2D eigenvalue weighted by Crippen LogP contribution is 2.74. The molecule has 0 amide bonds. The van der Waals surface area contributed by atoms with Gasteiger partial charge < -0.3 is 14.6 Å². The van der Waals surface area contributed by atoms with E-state index in [1.54, 1.807) is 0 Å². The molecule has 0 aromatic rings. The molecule has 5 fully saturated rings. The van der Waals surface area contributed by atoms with Gasteiger partial charge in [-0.25, -0.2) is 0 Å². The van der Waals surface area contributed by atoms with Gasteiger partial charge >= 0.3 is 0 Å². The highest BCUT2D eigenvalue weighted by molar-refractivity contribution is 5.15. The molecule has 0 aromatic carbocycles. The Morgan fingerprint density at radius 2 is 1.50 bits per heavy atom. The number of aliphatic hydroxyl groups excluding tert-OH is 1. The van der Waals surface area contributed by atoms with Crippen LogP contribution in [-0.4, -0.2) is 31.2 Å². The lowest BCUT2D eigenvalue weighted by Gasteiger charge is -2.54. The standard InChI is InChI=1S/C29H50O3/c1-5-25(4,18-24(2,3)28-13-9-26(19-28,21-30)10-14-28)29-15-11-27(20-29,12-16-29)22-32-23-8-6-7-17-31-23/h23,30H,5-22H2,1-4H3. The van der Waals surface area contributed by atoms with Crippen LogP contribution in [0.4, 0.5) is 0 Å². The summed E-state index contributed by atoms with van der Waals surface area (Å²) >= 11 is 0. The largest absolute Gasteiger partial charge is 0.396 e. The summed E-state index contributed by atoms with van der Waals surface area (Å²) < 4.78 is 12.3. The lowest BCUT2D eigenvalue weighted by Crippen LogP contribution is -2.45. The lowest BCUT2D eigenvalue weighted by atomic mass is 9.51. The monoisotopic (exact) mass is 446 g/mol.